The lowest BCUT2D eigenvalue weighted by atomic mass is 9.82. The number of rotatable bonds is 1. The third-order valence-corrected chi connectivity index (χ3v) is 3.71. The molecule has 19 heavy (non-hydrogen) atoms. The molecule has 0 unspecified atom stereocenters. The molecule has 1 aliphatic carbocycles. The maximum Gasteiger partial charge on any atom is 0.179 e. The van der Waals surface area contributed by atoms with Gasteiger partial charge in [0.1, 0.15) is 24.8 Å². The first kappa shape index (κ1) is 12.5. The third kappa shape index (κ3) is 2.45. The molecule has 0 amide bonds. The molecule has 5 heteroatoms. The minimum Gasteiger partial charge on any atom is -0.486 e. The van der Waals surface area contributed by atoms with Crippen LogP contribution in [-0.4, -0.2) is 24.8 Å². The smallest absolute Gasteiger partial charge is 0.179 e. The first-order valence-electron chi connectivity index (χ1n) is 6.26. The van der Waals surface area contributed by atoms with E-state index in [0.29, 0.717) is 42.6 Å². The van der Waals surface area contributed by atoms with E-state index in [2.05, 4.69) is 0 Å². The highest BCUT2D eigenvalue weighted by Gasteiger charge is 2.28. The standard InChI is InChI=1S/C14H13ClO4/c15-12-5-9(6-13-14(12)19-2-1-18-13)8-3-10(16)7-11(17)4-8/h5-6,8H,1-4,7H2. The maximum atomic E-state index is 11.5. The number of fused-ring (bicyclic) bond motifs is 1. The van der Waals surface area contributed by atoms with Crippen molar-refractivity contribution in [1.82, 2.24) is 0 Å². The Labute approximate surface area is 115 Å². The number of ketones is 2. The molecule has 100 valence electrons. The number of ether oxygens (including phenoxy) is 2. The zero-order valence-corrected chi connectivity index (χ0v) is 11.0. The largest absolute Gasteiger partial charge is 0.486 e. The fourth-order valence-electron chi connectivity index (χ4n) is 2.59. The minimum absolute atomic E-state index is 0.00717. The lowest BCUT2D eigenvalue weighted by molar-refractivity contribution is -0.130. The monoisotopic (exact) mass is 280 g/mol. The molecule has 1 fully saturated rings. The minimum atomic E-state index is -0.0953. The Kier molecular flexibility index (Phi) is 3.19. The van der Waals surface area contributed by atoms with Gasteiger partial charge in [0.2, 0.25) is 0 Å². The number of Topliss-reactive ketones (excluding diaryl/α,β-unsaturated/α-hetero) is 2. The molecule has 0 bridgehead atoms. The fraction of sp³-hybridized carbons (Fsp3) is 0.429. The molecule has 2 aliphatic rings. The molecule has 4 nitrogen and oxygen atoms in total. The Bertz CT molecular complexity index is 537. The van der Waals surface area contributed by atoms with Crippen molar-refractivity contribution in [3.05, 3.63) is 22.7 Å². The third-order valence-electron chi connectivity index (χ3n) is 3.43. The van der Waals surface area contributed by atoms with Crippen molar-refractivity contribution < 1.29 is 19.1 Å². The average molecular weight is 281 g/mol. The predicted octanol–water partition coefficient (Wildman–Crippen LogP) is 2.52. The van der Waals surface area contributed by atoms with Crippen LogP contribution in [0.2, 0.25) is 5.02 Å². The molecule has 0 spiro atoms. The van der Waals surface area contributed by atoms with E-state index in [0.717, 1.165) is 5.56 Å². The SMILES string of the molecule is O=C1CC(=O)CC(c2cc(Cl)c3c(c2)OCCO3)C1. The van der Waals surface area contributed by atoms with Crippen molar-refractivity contribution in [2.75, 3.05) is 13.2 Å². The van der Waals surface area contributed by atoms with Gasteiger partial charge in [0.25, 0.3) is 0 Å². The van der Waals surface area contributed by atoms with E-state index < -0.39 is 0 Å². The van der Waals surface area contributed by atoms with E-state index in [-0.39, 0.29) is 23.9 Å². The Hall–Kier alpha value is -1.55. The number of hydrogen-bond acceptors (Lipinski definition) is 4. The van der Waals surface area contributed by atoms with Gasteiger partial charge in [-0.1, -0.05) is 11.6 Å². The van der Waals surface area contributed by atoms with E-state index in [1.54, 1.807) is 6.07 Å². The quantitative estimate of drug-likeness (QED) is 0.742. The van der Waals surface area contributed by atoms with Gasteiger partial charge in [-0.05, 0) is 23.6 Å². The average Bonchev–Trinajstić information content (AvgIpc) is 2.37. The molecule has 1 aliphatic heterocycles. The van der Waals surface area contributed by atoms with Crippen LogP contribution in [0, 0.1) is 0 Å². The van der Waals surface area contributed by atoms with Crippen LogP contribution in [-0.2, 0) is 9.59 Å². The summed E-state index contributed by atoms with van der Waals surface area (Å²) in [5, 5.41) is 0.470. The van der Waals surface area contributed by atoms with Crippen LogP contribution in [0.4, 0.5) is 0 Å². The van der Waals surface area contributed by atoms with Crippen LogP contribution < -0.4 is 9.47 Å². The molecular formula is C14H13ClO4. The molecule has 1 aromatic carbocycles. The summed E-state index contributed by atoms with van der Waals surface area (Å²) >= 11 is 6.16. The van der Waals surface area contributed by atoms with Crippen molar-refractivity contribution in [3.8, 4) is 11.5 Å². The van der Waals surface area contributed by atoms with Gasteiger partial charge < -0.3 is 9.47 Å². The second-order valence-electron chi connectivity index (χ2n) is 4.89. The summed E-state index contributed by atoms with van der Waals surface area (Å²) in [7, 11) is 0. The van der Waals surface area contributed by atoms with Crippen LogP contribution in [0.15, 0.2) is 12.1 Å². The lowest BCUT2D eigenvalue weighted by Gasteiger charge is -2.24. The summed E-state index contributed by atoms with van der Waals surface area (Å²) in [6, 6.07) is 3.60. The molecule has 1 aromatic rings. The second-order valence-corrected chi connectivity index (χ2v) is 5.29. The van der Waals surface area contributed by atoms with E-state index in [4.69, 9.17) is 21.1 Å². The lowest BCUT2D eigenvalue weighted by Crippen LogP contribution is -2.22. The van der Waals surface area contributed by atoms with Crippen molar-refractivity contribution in [2.45, 2.75) is 25.2 Å². The highest BCUT2D eigenvalue weighted by atomic mass is 35.5. The van der Waals surface area contributed by atoms with Crippen LogP contribution in [0.25, 0.3) is 0 Å². The molecule has 0 atom stereocenters. The van der Waals surface area contributed by atoms with Crippen LogP contribution >= 0.6 is 11.6 Å². The number of hydrogen-bond donors (Lipinski definition) is 0. The summed E-state index contributed by atoms with van der Waals surface area (Å²) in [6.07, 6.45) is 0.845. The van der Waals surface area contributed by atoms with Gasteiger partial charge in [0.15, 0.2) is 11.5 Å². The summed E-state index contributed by atoms with van der Waals surface area (Å²) in [5.41, 5.74) is 0.871. The number of carbonyl (C=O) groups excluding carboxylic acids is 2. The number of halogens is 1. The van der Waals surface area contributed by atoms with Gasteiger partial charge in [0, 0.05) is 12.8 Å². The zero-order chi connectivity index (χ0) is 13.4. The maximum absolute atomic E-state index is 11.5. The summed E-state index contributed by atoms with van der Waals surface area (Å²) in [6.45, 7) is 0.960. The Morgan fingerprint density at radius 3 is 2.47 bits per heavy atom. The predicted molar refractivity (Wildman–Crippen MR) is 69.0 cm³/mol. The molecular weight excluding hydrogens is 268 g/mol. The van der Waals surface area contributed by atoms with Crippen LogP contribution in [0.5, 0.6) is 11.5 Å². The highest BCUT2D eigenvalue weighted by molar-refractivity contribution is 6.32. The first-order chi connectivity index (χ1) is 9.13. The molecule has 3 rings (SSSR count). The Balaban J connectivity index is 1.94. The van der Waals surface area contributed by atoms with Crippen LogP contribution in [0.3, 0.4) is 0 Å². The summed E-state index contributed by atoms with van der Waals surface area (Å²) < 4.78 is 11.0. The van der Waals surface area contributed by atoms with Gasteiger partial charge in [-0.3, -0.25) is 9.59 Å². The Morgan fingerprint density at radius 1 is 1.05 bits per heavy atom. The number of carbonyl (C=O) groups is 2. The van der Waals surface area contributed by atoms with Gasteiger partial charge >= 0.3 is 0 Å². The normalized spacial score (nSPS) is 19.6. The zero-order valence-electron chi connectivity index (χ0n) is 10.3. The van der Waals surface area contributed by atoms with Crippen molar-refractivity contribution in [3.63, 3.8) is 0 Å². The Morgan fingerprint density at radius 2 is 1.74 bits per heavy atom. The number of benzene rings is 1. The molecule has 0 aromatic heterocycles. The van der Waals surface area contributed by atoms with E-state index in [9.17, 15) is 9.59 Å². The highest BCUT2D eigenvalue weighted by Crippen LogP contribution is 2.42. The van der Waals surface area contributed by atoms with E-state index >= 15 is 0 Å². The molecule has 1 saturated carbocycles. The summed E-state index contributed by atoms with van der Waals surface area (Å²) in [5.74, 6) is 1.03. The molecule has 0 radical (unpaired) electrons. The van der Waals surface area contributed by atoms with E-state index in [1.807, 2.05) is 6.07 Å². The van der Waals surface area contributed by atoms with Gasteiger partial charge in [-0.15, -0.1) is 0 Å². The summed E-state index contributed by atoms with van der Waals surface area (Å²) in [4.78, 5) is 23.0. The van der Waals surface area contributed by atoms with Crippen LogP contribution in [0.1, 0.15) is 30.7 Å². The topological polar surface area (TPSA) is 52.6 Å². The molecule has 0 N–H and O–H groups in total. The van der Waals surface area contributed by atoms with Crippen molar-refractivity contribution >= 4 is 23.2 Å². The molecule has 1 heterocycles. The van der Waals surface area contributed by atoms with Gasteiger partial charge in [-0.2, -0.15) is 0 Å². The van der Waals surface area contributed by atoms with Crippen molar-refractivity contribution in [1.29, 1.82) is 0 Å². The second kappa shape index (κ2) is 4.85. The van der Waals surface area contributed by atoms with Gasteiger partial charge in [0.05, 0.1) is 11.4 Å². The molecule has 0 saturated heterocycles. The fourth-order valence-corrected chi connectivity index (χ4v) is 2.86. The van der Waals surface area contributed by atoms with Crippen molar-refractivity contribution in [2.24, 2.45) is 0 Å². The van der Waals surface area contributed by atoms with E-state index in [1.165, 1.54) is 0 Å². The van der Waals surface area contributed by atoms with Gasteiger partial charge in [-0.25, -0.2) is 0 Å². The first-order valence-corrected chi connectivity index (χ1v) is 6.63.